The van der Waals surface area contributed by atoms with E-state index >= 15 is 0 Å². The maximum absolute atomic E-state index is 12.2. The van der Waals surface area contributed by atoms with Gasteiger partial charge in [-0.15, -0.1) is 11.5 Å². The Morgan fingerprint density at radius 1 is 0.667 bits per heavy atom. The van der Waals surface area contributed by atoms with E-state index in [9.17, 15) is 19.8 Å². The number of rotatable bonds is 4. The molecule has 2 atom stereocenters. The minimum Gasteiger partial charge on any atom is -0.872 e. The van der Waals surface area contributed by atoms with Gasteiger partial charge in [0.05, 0.1) is 0 Å². The van der Waals surface area contributed by atoms with Crippen molar-refractivity contribution in [3.8, 4) is 11.5 Å². The zero-order valence-corrected chi connectivity index (χ0v) is 12.8. The van der Waals surface area contributed by atoms with E-state index < -0.39 is 12.1 Å². The lowest BCUT2D eigenvalue weighted by atomic mass is 9.98. The minimum atomic E-state index is -0.657. The number of hydrogen-bond acceptors (Lipinski definition) is 4. The first-order valence-electron chi connectivity index (χ1n) is 7.64. The second kappa shape index (κ2) is 6.62. The Labute approximate surface area is 139 Å². The van der Waals surface area contributed by atoms with Crippen LogP contribution in [0.5, 0.6) is 11.5 Å². The average Bonchev–Trinajstić information content (AvgIpc) is 2.56. The molecule has 2 unspecified atom stereocenters. The van der Waals surface area contributed by atoms with Gasteiger partial charge < -0.3 is 20.8 Å². The molecule has 6 heteroatoms. The van der Waals surface area contributed by atoms with Crippen LogP contribution in [-0.2, 0) is 22.4 Å². The van der Waals surface area contributed by atoms with Crippen molar-refractivity contribution in [2.75, 3.05) is 0 Å². The van der Waals surface area contributed by atoms with Gasteiger partial charge in [0.2, 0.25) is 11.8 Å². The first-order chi connectivity index (χ1) is 11.5. The molecule has 0 saturated carbocycles. The van der Waals surface area contributed by atoms with Gasteiger partial charge in [0.15, 0.2) is 0 Å². The van der Waals surface area contributed by atoms with E-state index in [2.05, 4.69) is 10.6 Å². The van der Waals surface area contributed by atoms with Crippen molar-refractivity contribution in [3.05, 3.63) is 59.7 Å². The molecule has 6 nitrogen and oxygen atoms in total. The largest absolute Gasteiger partial charge is 0.872 e. The molecular formula is C18H16N2O4-2. The van der Waals surface area contributed by atoms with Crippen LogP contribution in [0, 0.1) is 0 Å². The van der Waals surface area contributed by atoms with E-state index in [1.807, 2.05) is 0 Å². The van der Waals surface area contributed by atoms with E-state index in [-0.39, 0.29) is 23.3 Å². The third-order valence-corrected chi connectivity index (χ3v) is 3.99. The number of carbonyl (C=O) groups excluding carboxylic acids is 2. The number of hydrogen-bond donors (Lipinski definition) is 2. The zero-order chi connectivity index (χ0) is 17.1. The average molecular weight is 324 g/mol. The molecule has 2 N–H and O–H groups in total. The van der Waals surface area contributed by atoms with Crippen molar-refractivity contribution in [1.82, 2.24) is 10.6 Å². The number of amides is 2. The van der Waals surface area contributed by atoms with Crippen LogP contribution in [-0.4, -0.2) is 23.9 Å². The second-order valence-electron chi connectivity index (χ2n) is 5.82. The highest BCUT2D eigenvalue weighted by Gasteiger charge is 2.33. The molecule has 0 bridgehead atoms. The van der Waals surface area contributed by atoms with Crippen LogP contribution in [0.1, 0.15) is 11.1 Å². The Hall–Kier alpha value is -3.02. The highest BCUT2D eigenvalue weighted by atomic mass is 16.3. The highest BCUT2D eigenvalue weighted by molar-refractivity contribution is 5.97. The van der Waals surface area contributed by atoms with Gasteiger partial charge in [0.25, 0.3) is 0 Å². The van der Waals surface area contributed by atoms with Gasteiger partial charge in [-0.2, -0.15) is 0 Å². The van der Waals surface area contributed by atoms with Crippen molar-refractivity contribution in [3.63, 3.8) is 0 Å². The van der Waals surface area contributed by atoms with E-state index in [1.165, 1.54) is 24.3 Å². The number of piperazine rings is 1. The molecule has 1 aliphatic heterocycles. The molecule has 124 valence electrons. The molecule has 2 aromatic rings. The monoisotopic (exact) mass is 324 g/mol. The summed E-state index contributed by atoms with van der Waals surface area (Å²) in [6, 6.07) is 11.0. The summed E-state index contributed by atoms with van der Waals surface area (Å²) in [5, 5.41) is 27.6. The van der Waals surface area contributed by atoms with Crippen LogP contribution in [0.2, 0.25) is 0 Å². The standard InChI is InChI=1S/C18H18N2O4/c21-13-5-1-11(2-6-13)9-15-17(23)20-16(18(24)19-15)10-12-3-7-14(22)8-4-12/h1-8,15-16,21-22H,9-10H2,(H,19,24)(H,20,23)/p-2. The number of nitrogens with one attached hydrogen (secondary N) is 2. The third kappa shape index (κ3) is 3.65. The molecule has 1 heterocycles. The summed E-state index contributed by atoms with van der Waals surface area (Å²) >= 11 is 0. The van der Waals surface area contributed by atoms with Gasteiger partial charge >= 0.3 is 0 Å². The van der Waals surface area contributed by atoms with Crippen LogP contribution in [0.25, 0.3) is 0 Å². The Morgan fingerprint density at radius 3 is 1.33 bits per heavy atom. The smallest absolute Gasteiger partial charge is 0.243 e. The fourth-order valence-electron chi connectivity index (χ4n) is 2.69. The molecule has 1 aliphatic rings. The van der Waals surface area contributed by atoms with Crippen LogP contribution in [0.3, 0.4) is 0 Å². The topological polar surface area (TPSA) is 104 Å². The fourth-order valence-corrected chi connectivity index (χ4v) is 2.69. The molecule has 3 rings (SSSR count). The normalized spacial score (nSPS) is 20.3. The summed E-state index contributed by atoms with van der Waals surface area (Å²) in [6.45, 7) is 0. The first kappa shape index (κ1) is 15.9. The molecule has 0 aromatic heterocycles. The highest BCUT2D eigenvalue weighted by Crippen LogP contribution is 2.13. The minimum absolute atomic E-state index is 0.0972. The fraction of sp³-hybridized carbons (Fsp3) is 0.222. The van der Waals surface area contributed by atoms with Gasteiger partial charge in [-0.05, 0) is 11.1 Å². The third-order valence-electron chi connectivity index (χ3n) is 3.99. The Bertz CT molecular complexity index is 675. The Morgan fingerprint density at radius 2 is 1.00 bits per heavy atom. The molecule has 1 fully saturated rings. The van der Waals surface area contributed by atoms with Gasteiger partial charge in [-0.3, -0.25) is 9.59 Å². The van der Waals surface area contributed by atoms with Crippen LogP contribution < -0.4 is 20.8 Å². The molecule has 1 saturated heterocycles. The quantitative estimate of drug-likeness (QED) is 0.798. The van der Waals surface area contributed by atoms with Crippen molar-refractivity contribution in [2.24, 2.45) is 0 Å². The first-order valence-corrected chi connectivity index (χ1v) is 7.64. The lowest BCUT2D eigenvalue weighted by molar-refractivity contribution is -0.269. The SMILES string of the molecule is O=C1NC(Cc2ccc([O-])cc2)C(=O)NC1Cc1ccc([O-])cc1. The summed E-state index contributed by atoms with van der Waals surface area (Å²) in [7, 11) is 0. The Kier molecular flexibility index (Phi) is 4.37. The van der Waals surface area contributed by atoms with E-state index in [0.717, 1.165) is 11.1 Å². The predicted molar refractivity (Wildman–Crippen MR) is 83.0 cm³/mol. The van der Waals surface area contributed by atoms with E-state index in [1.54, 1.807) is 24.3 Å². The lowest BCUT2D eigenvalue weighted by Gasteiger charge is -2.30. The second-order valence-corrected chi connectivity index (χ2v) is 5.82. The molecule has 2 amide bonds. The van der Waals surface area contributed by atoms with Gasteiger partial charge in [0, 0.05) is 12.8 Å². The molecule has 2 aromatic carbocycles. The maximum Gasteiger partial charge on any atom is 0.243 e. The summed E-state index contributed by atoms with van der Waals surface area (Å²) in [6.07, 6.45) is 0.658. The lowest BCUT2D eigenvalue weighted by Crippen LogP contribution is -2.62. The van der Waals surface area contributed by atoms with Crippen molar-refractivity contribution < 1.29 is 19.8 Å². The van der Waals surface area contributed by atoms with Crippen LogP contribution in [0.4, 0.5) is 0 Å². The number of benzene rings is 2. The van der Waals surface area contributed by atoms with Crippen molar-refractivity contribution in [1.29, 1.82) is 0 Å². The molecule has 0 spiro atoms. The molecular weight excluding hydrogens is 308 g/mol. The molecule has 0 aliphatic carbocycles. The predicted octanol–water partition coefficient (Wildman–Crippen LogP) is -0.398. The molecule has 0 radical (unpaired) electrons. The van der Waals surface area contributed by atoms with Crippen molar-refractivity contribution in [2.45, 2.75) is 24.9 Å². The summed E-state index contributed by atoms with van der Waals surface area (Å²) in [5.41, 5.74) is 1.61. The summed E-state index contributed by atoms with van der Waals surface area (Å²) in [4.78, 5) is 24.5. The van der Waals surface area contributed by atoms with Crippen LogP contribution in [0.15, 0.2) is 48.5 Å². The van der Waals surface area contributed by atoms with E-state index in [0.29, 0.717) is 12.8 Å². The van der Waals surface area contributed by atoms with Gasteiger partial charge in [-0.1, -0.05) is 48.5 Å². The Balaban J connectivity index is 1.63. The van der Waals surface area contributed by atoms with Crippen LogP contribution >= 0.6 is 0 Å². The van der Waals surface area contributed by atoms with Gasteiger partial charge in [-0.25, -0.2) is 0 Å². The van der Waals surface area contributed by atoms with E-state index in [4.69, 9.17) is 0 Å². The molecule has 24 heavy (non-hydrogen) atoms. The number of carbonyl (C=O) groups is 2. The summed E-state index contributed by atoms with van der Waals surface area (Å²) in [5.74, 6) is -0.711. The van der Waals surface area contributed by atoms with Gasteiger partial charge in [0.1, 0.15) is 12.1 Å². The maximum atomic E-state index is 12.2. The zero-order valence-electron chi connectivity index (χ0n) is 12.8. The van der Waals surface area contributed by atoms with Crippen molar-refractivity contribution >= 4 is 11.8 Å². The summed E-state index contributed by atoms with van der Waals surface area (Å²) < 4.78 is 0.